The van der Waals surface area contributed by atoms with Crippen LogP contribution in [0.3, 0.4) is 0 Å². The van der Waals surface area contributed by atoms with Crippen LogP contribution in [0.15, 0.2) is 35.3 Å². The molecule has 6 heteroatoms. The molecule has 1 heterocycles. The molecule has 27 heavy (non-hydrogen) atoms. The smallest absolute Gasteiger partial charge is 0.334 e. The Hall–Kier alpha value is -2.63. The number of aryl methyl sites for hydroxylation is 2. The number of alkyl halides is 3. The average molecular weight is 374 g/mol. The number of carbonyl (C=O) groups excluding carboxylic acids is 1. The van der Waals surface area contributed by atoms with Crippen LogP contribution in [-0.2, 0) is 19.1 Å². The van der Waals surface area contributed by atoms with Crippen LogP contribution < -0.4 is 0 Å². The van der Waals surface area contributed by atoms with Crippen molar-refractivity contribution >= 4 is 17.8 Å². The number of hydrogen-bond acceptors (Lipinski definition) is 2. The van der Waals surface area contributed by atoms with Gasteiger partial charge in [-0.2, -0.15) is 13.2 Å². The molecule has 2 aromatic rings. The van der Waals surface area contributed by atoms with E-state index in [4.69, 9.17) is 0 Å². The summed E-state index contributed by atoms with van der Waals surface area (Å²) in [4.78, 5) is 19.0. The molecule has 0 N–H and O–H groups in total. The van der Waals surface area contributed by atoms with Gasteiger partial charge in [0.1, 0.15) is 0 Å². The molecule has 0 fully saturated rings. The standard InChI is InChI=1S/C21H21F3N2O/c1-4-25-19-10-13(2)18(9-14(19)3)20(27)26-8-7-15-11-17(21(22,23)24)6-5-16(15)12-26/h4-6,9-11H,7-8,12H2,1-3H3. The van der Waals surface area contributed by atoms with E-state index in [9.17, 15) is 18.0 Å². The van der Waals surface area contributed by atoms with Crippen molar-refractivity contribution in [1.29, 1.82) is 0 Å². The molecule has 0 saturated heterocycles. The van der Waals surface area contributed by atoms with E-state index in [0.717, 1.165) is 28.4 Å². The van der Waals surface area contributed by atoms with Gasteiger partial charge < -0.3 is 4.90 Å². The highest BCUT2D eigenvalue weighted by Crippen LogP contribution is 2.32. The molecule has 3 rings (SSSR count). The van der Waals surface area contributed by atoms with Gasteiger partial charge in [-0.25, -0.2) is 0 Å². The first-order valence-corrected chi connectivity index (χ1v) is 8.79. The number of hydrogen-bond donors (Lipinski definition) is 0. The molecule has 0 bridgehead atoms. The van der Waals surface area contributed by atoms with Gasteiger partial charge in [0, 0.05) is 24.9 Å². The van der Waals surface area contributed by atoms with Gasteiger partial charge in [0.15, 0.2) is 0 Å². The number of nitrogens with zero attached hydrogens (tertiary/aromatic N) is 2. The van der Waals surface area contributed by atoms with Crippen LogP contribution in [0.4, 0.5) is 18.9 Å². The van der Waals surface area contributed by atoms with Gasteiger partial charge >= 0.3 is 6.18 Å². The molecule has 1 aliphatic rings. The molecule has 0 unspecified atom stereocenters. The fourth-order valence-corrected chi connectivity index (χ4v) is 3.38. The van der Waals surface area contributed by atoms with Crippen molar-refractivity contribution in [2.45, 2.75) is 39.9 Å². The Morgan fingerprint density at radius 2 is 1.85 bits per heavy atom. The fourth-order valence-electron chi connectivity index (χ4n) is 3.38. The summed E-state index contributed by atoms with van der Waals surface area (Å²) in [6, 6.07) is 7.48. The van der Waals surface area contributed by atoms with Crippen LogP contribution in [-0.4, -0.2) is 23.6 Å². The minimum absolute atomic E-state index is 0.104. The highest BCUT2D eigenvalue weighted by atomic mass is 19.4. The molecule has 0 atom stereocenters. The largest absolute Gasteiger partial charge is 0.416 e. The van der Waals surface area contributed by atoms with Crippen molar-refractivity contribution in [2.24, 2.45) is 4.99 Å². The summed E-state index contributed by atoms with van der Waals surface area (Å²) in [6.07, 6.45) is -2.22. The SMILES string of the molecule is CC=Nc1cc(C)c(C(=O)N2CCc3cc(C(F)(F)F)ccc3C2)cc1C. The van der Waals surface area contributed by atoms with E-state index in [0.29, 0.717) is 30.6 Å². The normalized spacial score (nSPS) is 14.5. The predicted molar refractivity (Wildman–Crippen MR) is 99.6 cm³/mol. The summed E-state index contributed by atoms with van der Waals surface area (Å²) < 4.78 is 38.6. The predicted octanol–water partition coefficient (Wildman–Crippen LogP) is 5.24. The number of carbonyl (C=O) groups is 1. The van der Waals surface area contributed by atoms with Gasteiger partial charge in [-0.1, -0.05) is 6.07 Å². The molecule has 0 spiro atoms. The van der Waals surface area contributed by atoms with Crippen molar-refractivity contribution in [3.8, 4) is 0 Å². The first-order chi connectivity index (χ1) is 12.7. The zero-order valence-electron chi connectivity index (χ0n) is 15.5. The third-order valence-electron chi connectivity index (χ3n) is 4.87. The maximum Gasteiger partial charge on any atom is 0.416 e. The van der Waals surface area contributed by atoms with E-state index in [-0.39, 0.29) is 5.91 Å². The van der Waals surface area contributed by atoms with Crippen molar-refractivity contribution in [1.82, 2.24) is 4.90 Å². The molecular formula is C21H21F3N2O. The van der Waals surface area contributed by atoms with Gasteiger partial charge in [-0.3, -0.25) is 9.79 Å². The van der Waals surface area contributed by atoms with Crippen molar-refractivity contribution < 1.29 is 18.0 Å². The Kier molecular flexibility index (Phi) is 5.09. The zero-order chi connectivity index (χ0) is 19.8. The summed E-state index contributed by atoms with van der Waals surface area (Å²) in [5.74, 6) is -0.104. The zero-order valence-corrected chi connectivity index (χ0v) is 15.5. The molecule has 0 radical (unpaired) electrons. The van der Waals surface area contributed by atoms with Gasteiger partial charge in [0.2, 0.25) is 0 Å². The minimum Gasteiger partial charge on any atom is -0.334 e. The number of fused-ring (bicyclic) bond motifs is 1. The highest BCUT2D eigenvalue weighted by Gasteiger charge is 2.32. The summed E-state index contributed by atoms with van der Waals surface area (Å²) in [7, 11) is 0. The average Bonchev–Trinajstić information content (AvgIpc) is 2.62. The highest BCUT2D eigenvalue weighted by molar-refractivity contribution is 5.96. The van der Waals surface area contributed by atoms with E-state index in [1.165, 1.54) is 12.1 Å². The van der Waals surface area contributed by atoms with Crippen LogP contribution >= 0.6 is 0 Å². The van der Waals surface area contributed by atoms with E-state index in [1.807, 2.05) is 32.9 Å². The number of rotatable bonds is 2. The minimum atomic E-state index is -4.35. The molecule has 0 aliphatic carbocycles. The van der Waals surface area contributed by atoms with Crippen molar-refractivity contribution in [3.63, 3.8) is 0 Å². The Balaban J connectivity index is 1.85. The monoisotopic (exact) mass is 374 g/mol. The lowest BCUT2D eigenvalue weighted by molar-refractivity contribution is -0.137. The third-order valence-corrected chi connectivity index (χ3v) is 4.87. The molecule has 142 valence electrons. The fraction of sp³-hybridized carbons (Fsp3) is 0.333. The Labute approximate surface area is 156 Å². The number of aliphatic imine (C=N–C) groups is 1. The second-order valence-electron chi connectivity index (χ2n) is 6.80. The Morgan fingerprint density at radius 3 is 2.52 bits per heavy atom. The van der Waals surface area contributed by atoms with E-state index in [2.05, 4.69) is 4.99 Å². The maximum absolute atomic E-state index is 13.0. The molecular weight excluding hydrogens is 353 g/mol. The first-order valence-electron chi connectivity index (χ1n) is 8.79. The topological polar surface area (TPSA) is 32.7 Å². The Bertz CT molecular complexity index is 916. The van der Waals surface area contributed by atoms with Gasteiger partial charge in [0.05, 0.1) is 11.3 Å². The Morgan fingerprint density at radius 1 is 1.11 bits per heavy atom. The lowest BCUT2D eigenvalue weighted by Gasteiger charge is -2.30. The number of halogens is 3. The third kappa shape index (κ3) is 3.89. The van der Waals surface area contributed by atoms with Crippen LogP contribution in [0.5, 0.6) is 0 Å². The second-order valence-corrected chi connectivity index (χ2v) is 6.80. The van der Waals surface area contributed by atoms with E-state index in [1.54, 1.807) is 11.1 Å². The van der Waals surface area contributed by atoms with Gasteiger partial charge in [-0.05, 0) is 73.7 Å². The summed E-state index contributed by atoms with van der Waals surface area (Å²) in [5, 5.41) is 0. The summed E-state index contributed by atoms with van der Waals surface area (Å²) >= 11 is 0. The molecule has 0 saturated carbocycles. The van der Waals surface area contributed by atoms with Crippen LogP contribution in [0.2, 0.25) is 0 Å². The summed E-state index contributed by atoms with van der Waals surface area (Å²) in [5.41, 5.74) is 3.98. The summed E-state index contributed by atoms with van der Waals surface area (Å²) in [6.45, 7) is 6.33. The molecule has 1 amide bonds. The van der Waals surface area contributed by atoms with E-state index < -0.39 is 11.7 Å². The molecule has 1 aliphatic heterocycles. The quantitative estimate of drug-likeness (QED) is 0.662. The maximum atomic E-state index is 13.0. The number of amides is 1. The van der Waals surface area contributed by atoms with Crippen LogP contribution in [0.25, 0.3) is 0 Å². The number of benzene rings is 2. The lowest BCUT2D eigenvalue weighted by Crippen LogP contribution is -2.36. The van der Waals surface area contributed by atoms with Crippen LogP contribution in [0, 0.1) is 13.8 Å². The molecule has 0 aromatic heterocycles. The van der Waals surface area contributed by atoms with E-state index >= 15 is 0 Å². The van der Waals surface area contributed by atoms with Crippen molar-refractivity contribution in [3.05, 3.63) is 63.7 Å². The second kappa shape index (κ2) is 7.18. The van der Waals surface area contributed by atoms with Gasteiger partial charge in [0.25, 0.3) is 5.91 Å². The molecule has 3 nitrogen and oxygen atoms in total. The molecule has 2 aromatic carbocycles. The lowest BCUT2D eigenvalue weighted by atomic mass is 9.95. The van der Waals surface area contributed by atoms with Crippen molar-refractivity contribution in [2.75, 3.05) is 6.54 Å². The first kappa shape index (κ1) is 19.1. The van der Waals surface area contributed by atoms with Crippen LogP contribution in [0.1, 0.15) is 45.1 Å². The van der Waals surface area contributed by atoms with Gasteiger partial charge in [-0.15, -0.1) is 0 Å².